The number of hydrogen-bond acceptors (Lipinski definition) is 0. The van der Waals surface area contributed by atoms with Gasteiger partial charge in [-0.15, -0.1) is 0 Å². The molecule has 14 rings (SSSR count). The normalized spacial score (nSPS) is 11.9. The minimum absolute atomic E-state index is 1.15. The van der Waals surface area contributed by atoms with Crippen LogP contribution in [0.4, 0.5) is 0 Å². The van der Waals surface area contributed by atoms with Crippen molar-refractivity contribution < 1.29 is 0 Å². The van der Waals surface area contributed by atoms with Crippen LogP contribution in [0.1, 0.15) is 0 Å². The van der Waals surface area contributed by atoms with Crippen LogP contribution in [0.3, 0.4) is 0 Å². The van der Waals surface area contributed by atoms with E-state index >= 15 is 0 Å². The highest BCUT2D eigenvalue weighted by Gasteiger charge is 2.26. The topological polar surface area (TPSA) is 9.86 Å². The Labute approximate surface area is 382 Å². The van der Waals surface area contributed by atoms with E-state index in [9.17, 15) is 0 Å². The zero-order valence-corrected chi connectivity index (χ0v) is 36.0. The van der Waals surface area contributed by atoms with Gasteiger partial charge in [0.05, 0.1) is 27.8 Å². The van der Waals surface area contributed by atoms with Crippen LogP contribution in [0.15, 0.2) is 243 Å². The quantitative estimate of drug-likeness (QED) is 0.163. The van der Waals surface area contributed by atoms with Crippen molar-refractivity contribution in [2.24, 2.45) is 0 Å². The van der Waals surface area contributed by atoms with E-state index in [4.69, 9.17) is 0 Å². The summed E-state index contributed by atoms with van der Waals surface area (Å²) in [5.41, 5.74) is 22.0. The third-order valence-electron chi connectivity index (χ3n) is 14.1. The molecule has 11 aromatic carbocycles. The summed E-state index contributed by atoms with van der Waals surface area (Å²) in [6.45, 7) is 0. The lowest BCUT2D eigenvalue weighted by Gasteiger charge is -2.14. The average Bonchev–Trinajstić information content (AvgIpc) is 3.87. The highest BCUT2D eigenvalue weighted by molar-refractivity contribution is 6.18. The Kier molecular flexibility index (Phi) is 8.02. The van der Waals surface area contributed by atoms with Gasteiger partial charge in [-0.2, -0.15) is 0 Å². The maximum Gasteiger partial charge on any atom is 0.0620 e. The maximum absolute atomic E-state index is 2.50. The van der Waals surface area contributed by atoms with Gasteiger partial charge in [-0.3, -0.25) is 0 Å². The summed E-state index contributed by atoms with van der Waals surface area (Å²) in [4.78, 5) is 0. The number of para-hydroxylation sites is 3. The maximum atomic E-state index is 2.50. The summed E-state index contributed by atoms with van der Waals surface area (Å²) < 4.78 is 4.90. The van der Waals surface area contributed by atoms with Crippen molar-refractivity contribution in [3.8, 4) is 78.1 Å². The Morgan fingerprint density at radius 3 is 1.36 bits per heavy atom. The first kappa shape index (κ1) is 36.7. The van der Waals surface area contributed by atoms with Gasteiger partial charge in [0.15, 0.2) is 0 Å². The highest BCUT2D eigenvalue weighted by atomic mass is 15.0. The molecule has 2 aromatic heterocycles. The van der Waals surface area contributed by atoms with Gasteiger partial charge in [0.1, 0.15) is 0 Å². The standard InChI is InChI=1S/C64H40N2/c1-2-12-41(13-3-1)42-22-24-43(25-23-42)44-30-33-51(34-31-44)65-60-19-9-7-17-53(60)57-38-49(32-35-63(57)65)45-26-28-46(29-27-45)50-39-58-54-18-8-11-21-62(54)66-61-20-10-6-16-52(61)55-36-47-14-4-5-15-48(47)37-56(55)59(40-50)64(58)66/h1-40H. The van der Waals surface area contributed by atoms with E-state index in [-0.39, 0.29) is 0 Å². The van der Waals surface area contributed by atoms with Gasteiger partial charge in [0, 0.05) is 38.4 Å². The van der Waals surface area contributed by atoms with Gasteiger partial charge in [0.2, 0.25) is 0 Å². The summed E-state index contributed by atoms with van der Waals surface area (Å²) in [6.07, 6.45) is 0. The minimum atomic E-state index is 1.15. The zero-order valence-electron chi connectivity index (χ0n) is 36.0. The molecule has 3 heterocycles. The molecule has 13 aromatic rings. The monoisotopic (exact) mass is 836 g/mol. The van der Waals surface area contributed by atoms with E-state index < -0.39 is 0 Å². The van der Waals surface area contributed by atoms with Crippen LogP contribution in [0.2, 0.25) is 0 Å². The van der Waals surface area contributed by atoms with E-state index in [0.29, 0.717) is 0 Å². The fraction of sp³-hybridized carbons (Fsp3) is 0. The Morgan fingerprint density at radius 1 is 0.227 bits per heavy atom. The van der Waals surface area contributed by atoms with Crippen LogP contribution in [-0.2, 0) is 0 Å². The molecule has 0 spiro atoms. The number of benzene rings is 11. The summed E-state index contributed by atoms with van der Waals surface area (Å²) in [7, 11) is 0. The fourth-order valence-electron chi connectivity index (χ4n) is 10.9. The Balaban J connectivity index is 0.850. The van der Waals surface area contributed by atoms with Gasteiger partial charge in [-0.1, -0.05) is 176 Å². The minimum Gasteiger partial charge on any atom is -0.309 e. The zero-order chi connectivity index (χ0) is 43.3. The second-order valence-electron chi connectivity index (χ2n) is 17.7. The Hall–Kier alpha value is -8.72. The highest BCUT2D eigenvalue weighted by Crippen LogP contribution is 2.49. The lowest BCUT2D eigenvalue weighted by molar-refractivity contribution is 1.18. The molecule has 1 aliphatic rings. The lowest BCUT2D eigenvalue weighted by Crippen LogP contribution is -1.95. The molecule has 2 heteroatoms. The molecule has 0 N–H and O–H groups in total. The molecule has 306 valence electrons. The van der Waals surface area contributed by atoms with Gasteiger partial charge in [0.25, 0.3) is 0 Å². The largest absolute Gasteiger partial charge is 0.309 e. The number of aromatic nitrogens is 2. The van der Waals surface area contributed by atoms with Crippen LogP contribution < -0.4 is 0 Å². The summed E-state index contributed by atoms with van der Waals surface area (Å²) in [5.74, 6) is 0. The van der Waals surface area contributed by atoms with E-state index in [1.54, 1.807) is 0 Å². The molecule has 0 unspecified atom stereocenters. The molecule has 0 atom stereocenters. The molecular formula is C64H40N2. The number of hydrogen-bond donors (Lipinski definition) is 0. The van der Waals surface area contributed by atoms with Crippen molar-refractivity contribution >= 4 is 54.4 Å². The van der Waals surface area contributed by atoms with Crippen molar-refractivity contribution in [3.05, 3.63) is 243 Å². The average molecular weight is 837 g/mol. The van der Waals surface area contributed by atoms with E-state index in [2.05, 4.69) is 252 Å². The summed E-state index contributed by atoms with van der Waals surface area (Å²) in [6, 6.07) is 89.6. The first-order chi connectivity index (χ1) is 32.7. The first-order valence-electron chi connectivity index (χ1n) is 22.8. The van der Waals surface area contributed by atoms with Gasteiger partial charge >= 0.3 is 0 Å². The van der Waals surface area contributed by atoms with Crippen LogP contribution >= 0.6 is 0 Å². The van der Waals surface area contributed by atoms with Crippen LogP contribution in [0, 0.1) is 0 Å². The SMILES string of the molecule is c1ccc(-c2ccc(-c3ccc(-n4c5ccccc5c5cc(-c6ccc(-c7cc8c9c(c7)c7ccccc7n9-c7ccccc7-c7cc9ccccc9cc7-8)cc6)ccc54)cc3)cc2)cc1. The molecule has 0 saturated carbocycles. The second kappa shape index (κ2) is 14.4. The second-order valence-corrected chi connectivity index (χ2v) is 17.7. The lowest BCUT2D eigenvalue weighted by atomic mass is 9.89. The first-order valence-corrected chi connectivity index (χ1v) is 22.8. The van der Waals surface area contributed by atoms with Crippen LogP contribution in [0.25, 0.3) is 133 Å². The Morgan fingerprint density at radius 2 is 0.682 bits per heavy atom. The molecule has 0 fully saturated rings. The van der Waals surface area contributed by atoms with Gasteiger partial charge in [-0.05, 0) is 133 Å². The third kappa shape index (κ3) is 5.62. The smallest absolute Gasteiger partial charge is 0.0620 e. The van der Waals surface area contributed by atoms with E-state index in [1.165, 1.54) is 127 Å². The summed E-state index contributed by atoms with van der Waals surface area (Å²) >= 11 is 0. The van der Waals surface area contributed by atoms with Gasteiger partial charge in [-0.25, -0.2) is 0 Å². The van der Waals surface area contributed by atoms with Crippen LogP contribution in [-0.4, -0.2) is 9.13 Å². The molecule has 0 radical (unpaired) electrons. The molecule has 0 saturated heterocycles. The van der Waals surface area contributed by atoms with Crippen molar-refractivity contribution in [1.82, 2.24) is 9.13 Å². The molecule has 0 amide bonds. The predicted octanol–water partition coefficient (Wildman–Crippen LogP) is 17.3. The predicted molar refractivity (Wildman–Crippen MR) is 279 cm³/mol. The molecule has 0 aliphatic carbocycles. The molecule has 66 heavy (non-hydrogen) atoms. The number of fused-ring (bicyclic) bond motifs is 12. The fourth-order valence-corrected chi connectivity index (χ4v) is 10.9. The van der Waals surface area contributed by atoms with Crippen molar-refractivity contribution in [1.29, 1.82) is 0 Å². The molecular weight excluding hydrogens is 797 g/mol. The van der Waals surface area contributed by atoms with E-state index in [1.807, 2.05) is 0 Å². The van der Waals surface area contributed by atoms with Crippen molar-refractivity contribution in [2.45, 2.75) is 0 Å². The third-order valence-corrected chi connectivity index (χ3v) is 14.1. The number of rotatable bonds is 5. The summed E-state index contributed by atoms with van der Waals surface area (Å²) in [5, 5.41) is 7.54. The molecule has 0 bridgehead atoms. The van der Waals surface area contributed by atoms with E-state index in [0.717, 1.165) is 5.69 Å². The van der Waals surface area contributed by atoms with Crippen molar-refractivity contribution in [3.63, 3.8) is 0 Å². The molecule has 1 aliphatic heterocycles. The Bertz CT molecular complexity index is 4060. The van der Waals surface area contributed by atoms with Gasteiger partial charge < -0.3 is 9.13 Å². The van der Waals surface area contributed by atoms with Crippen LogP contribution in [0.5, 0.6) is 0 Å². The number of nitrogens with zero attached hydrogens (tertiary/aromatic N) is 2. The van der Waals surface area contributed by atoms with Crippen molar-refractivity contribution in [2.75, 3.05) is 0 Å². The molecule has 2 nitrogen and oxygen atoms in total.